The summed E-state index contributed by atoms with van der Waals surface area (Å²) in [6.07, 6.45) is 0.475. The fourth-order valence-electron chi connectivity index (χ4n) is 1.59. The fraction of sp³-hybridized carbons (Fsp3) is 0.643. The van der Waals surface area contributed by atoms with E-state index in [4.69, 9.17) is 16.3 Å². The highest BCUT2D eigenvalue weighted by Crippen LogP contribution is 2.20. The molecule has 4 nitrogen and oxygen atoms in total. The van der Waals surface area contributed by atoms with Crippen LogP contribution in [0.5, 0.6) is 0 Å². The molecule has 0 aliphatic carbocycles. The second-order valence-electron chi connectivity index (χ2n) is 5.59. The third-order valence-corrected chi connectivity index (χ3v) is 3.76. The zero-order valence-electron chi connectivity index (χ0n) is 12.5. The molecular weight excluding hydrogens is 296 g/mol. The maximum atomic E-state index is 11.7. The average molecular weight is 319 g/mol. The topological polar surface area (TPSA) is 50.4 Å². The van der Waals surface area contributed by atoms with E-state index in [2.05, 4.69) is 10.6 Å². The van der Waals surface area contributed by atoms with Gasteiger partial charge >= 0.3 is 6.09 Å². The van der Waals surface area contributed by atoms with Crippen molar-refractivity contribution in [1.29, 1.82) is 0 Å². The molecule has 1 heterocycles. The number of carbonyl (C=O) groups is 1. The van der Waals surface area contributed by atoms with E-state index < -0.39 is 5.60 Å². The van der Waals surface area contributed by atoms with E-state index in [0.29, 0.717) is 6.54 Å². The number of ether oxygens (including phenoxy) is 1. The Morgan fingerprint density at radius 3 is 2.65 bits per heavy atom. The van der Waals surface area contributed by atoms with E-state index in [1.807, 2.05) is 39.8 Å². The summed E-state index contributed by atoms with van der Waals surface area (Å²) in [7, 11) is 0. The van der Waals surface area contributed by atoms with Gasteiger partial charge in [-0.15, -0.1) is 11.3 Å². The van der Waals surface area contributed by atoms with Crippen molar-refractivity contribution in [3.05, 3.63) is 21.3 Å². The van der Waals surface area contributed by atoms with Gasteiger partial charge in [0.1, 0.15) is 5.60 Å². The first-order chi connectivity index (χ1) is 9.30. The molecule has 0 radical (unpaired) electrons. The van der Waals surface area contributed by atoms with E-state index >= 15 is 0 Å². The van der Waals surface area contributed by atoms with Crippen molar-refractivity contribution in [3.63, 3.8) is 0 Å². The van der Waals surface area contributed by atoms with Gasteiger partial charge in [0.05, 0.1) is 4.34 Å². The summed E-state index contributed by atoms with van der Waals surface area (Å²) < 4.78 is 6.04. The van der Waals surface area contributed by atoms with Crippen LogP contribution in [0.1, 0.15) is 39.0 Å². The Labute approximate surface area is 129 Å². The number of rotatable bonds is 6. The van der Waals surface area contributed by atoms with Crippen molar-refractivity contribution in [2.24, 2.45) is 0 Å². The number of nitrogens with one attached hydrogen (secondary N) is 2. The molecule has 0 saturated heterocycles. The number of halogens is 1. The highest BCUT2D eigenvalue weighted by molar-refractivity contribution is 7.16. The maximum Gasteiger partial charge on any atom is 0.407 e. The molecule has 0 bridgehead atoms. The van der Waals surface area contributed by atoms with Crippen molar-refractivity contribution in [2.75, 3.05) is 6.54 Å². The van der Waals surface area contributed by atoms with Gasteiger partial charge in [-0.05, 0) is 39.3 Å². The van der Waals surface area contributed by atoms with Crippen LogP contribution < -0.4 is 10.6 Å². The van der Waals surface area contributed by atoms with Gasteiger partial charge < -0.3 is 15.4 Å². The Balaban J connectivity index is 2.30. The first-order valence-corrected chi connectivity index (χ1v) is 7.94. The zero-order valence-corrected chi connectivity index (χ0v) is 14.0. The lowest BCUT2D eigenvalue weighted by Gasteiger charge is -2.23. The van der Waals surface area contributed by atoms with Crippen LogP contribution >= 0.6 is 22.9 Å². The van der Waals surface area contributed by atoms with Gasteiger partial charge in [0.15, 0.2) is 0 Å². The second-order valence-corrected chi connectivity index (χ2v) is 7.39. The van der Waals surface area contributed by atoms with Crippen LogP contribution in [0.2, 0.25) is 4.34 Å². The van der Waals surface area contributed by atoms with Crippen LogP contribution in [0.25, 0.3) is 0 Å². The molecule has 2 N–H and O–H groups in total. The number of alkyl carbamates (subject to hydrolysis) is 1. The van der Waals surface area contributed by atoms with E-state index in [9.17, 15) is 4.79 Å². The van der Waals surface area contributed by atoms with Gasteiger partial charge in [-0.2, -0.15) is 0 Å². The number of hydrogen-bond donors (Lipinski definition) is 2. The van der Waals surface area contributed by atoms with Crippen molar-refractivity contribution in [3.8, 4) is 0 Å². The summed E-state index contributed by atoms with van der Waals surface area (Å²) in [5.41, 5.74) is -0.469. The molecule has 0 fully saturated rings. The number of thiophene rings is 1. The van der Waals surface area contributed by atoms with Crippen molar-refractivity contribution in [1.82, 2.24) is 10.6 Å². The third-order valence-electron chi connectivity index (χ3n) is 2.53. The number of hydrogen-bond acceptors (Lipinski definition) is 4. The largest absolute Gasteiger partial charge is 0.444 e. The minimum Gasteiger partial charge on any atom is -0.444 e. The van der Waals surface area contributed by atoms with Gasteiger partial charge in [-0.1, -0.05) is 18.5 Å². The van der Waals surface area contributed by atoms with Crippen LogP contribution in [-0.4, -0.2) is 24.3 Å². The lowest BCUT2D eigenvalue weighted by atomic mass is 10.2. The van der Waals surface area contributed by atoms with Crippen molar-refractivity contribution >= 4 is 29.0 Å². The third kappa shape index (κ3) is 7.12. The Morgan fingerprint density at radius 1 is 1.45 bits per heavy atom. The molecule has 114 valence electrons. The van der Waals surface area contributed by atoms with E-state index in [1.54, 1.807) is 11.3 Å². The predicted molar refractivity (Wildman–Crippen MR) is 84.5 cm³/mol. The summed E-state index contributed by atoms with van der Waals surface area (Å²) >= 11 is 7.44. The first kappa shape index (κ1) is 17.3. The highest BCUT2D eigenvalue weighted by atomic mass is 35.5. The quantitative estimate of drug-likeness (QED) is 0.839. The van der Waals surface area contributed by atoms with Crippen molar-refractivity contribution in [2.45, 2.75) is 52.3 Å². The van der Waals surface area contributed by atoms with Gasteiger partial charge in [0.2, 0.25) is 0 Å². The smallest absolute Gasteiger partial charge is 0.407 e. The summed E-state index contributed by atoms with van der Waals surface area (Å²) in [6.45, 7) is 9.05. The lowest BCUT2D eigenvalue weighted by molar-refractivity contribution is 0.0502. The predicted octanol–water partition coefficient (Wildman–Crippen LogP) is 3.79. The van der Waals surface area contributed by atoms with Crippen LogP contribution in [-0.2, 0) is 11.3 Å². The molecule has 20 heavy (non-hydrogen) atoms. The molecule has 1 rings (SSSR count). The summed E-state index contributed by atoms with van der Waals surface area (Å²) in [5.74, 6) is 0. The normalized spacial score (nSPS) is 13.1. The molecule has 1 unspecified atom stereocenters. The van der Waals surface area contributed by atoms with Gasteiger partial charge in [0.25, 0.3) is 0 Å². The minimum atomic E-state index is -0.469. The zero-order chi connectivity index (χ0) is 15.2. The minimum absolute atomic E-state index is 0.0558. The van der Waals surface area contributed by atoms with Gasteiger partial charge in [-0.25, -0.2) is 4.79 Å². The number of amides is 1. The van der Waals surface area contributed by atoms with E-state index in [1.165, 1.54) is 4.88 Å². The van der Waals surface area contributed by atoms with Crippen LogP contribution in [0.15, 0.2) is 12.1 Å². The Morgan fingerprint density at radius 2 is 2.15 bits per heavy atom. The molecule has 0 saturated carbocycles. The van der Waals surface area contributed by atoms with Gasteiger partial charge in [-0.3, -0.25) is 0 Å². The monoisotopic (exact) mass is 318 g/mol. The SMILES string of the molecule is CCC(CNCc1ccc(Cl)s1)NC(=O)OC(C)(C)C. The summed E-state index contributed by atoms with van der Waals surface area (Å²) in [4.78, 5) is 12.9. The molecule has 0 spiro atoms. The van der Waals surface area contributed by atoms with Gasteiger partial charge in [0, 0.05) is 24.0 Å². The van der Waals surface area contributed by atoms with E-state index in [0.717, 1.165) is 17.3 Å². The molecule has 6 heteroatoms. The average Bonchev–Trinajstić information content (AvgIpc) is 2.71. The molecule has 0 aliphatic rings. The van der Waals surface area contributed by atoms with Crippen LogP contribution in [0, 0.1) is 0 Å². The Kier molecular flexibility index (Phi) is 6.79. The summed E-state index contributed by atoms with van der Waals surface area (Å²) in [5, 5.41) is 6.18. The summed E-state index contributed by atoms with van der Waals surface area (Å²) in [6, 6.07) is 3.95. The molecular formula is C14H23ClN2O2S. The Hall–Kier alpha value is -0.780. The van der Waals surface area contributed by atoms with Crippen molar-refractivity contribution < 1.29 is 9.53 Å². The lowest BCUT2D eigenvalue weighted by Crippen LogP contribution is -2.43. The van der Waals surface area contributed by atoms with Crippen LogP contribution in [0.4, 0.5) is 4.79 Å². The van der Waals surface area contributed by atoms with E-state index in [-0.39, 0.29) is 12.1 Å². The first-order valence-electron chi connectivity index (χ1n) is 6.74. The molecule has 1 amide bonds. The Bertz CT molecular complexity index is 429. The fourth-order valence-corrected chi connectivity index (χ4v) is 2.65. The number of carbonyl (C=O) groups excluding carboxylic acids is 1. The highest BCUT2D eigenvalue weighted by Gasteiger charge is 2.18. The molecule has 1 aromatic heterocycles. The molecule has 1 atom stereocenters. The standard InChI is InChI=1S/C14H23ClN2O2S/c1-5-10(17-13(18)19-14(2,3)4)8-16-9-11-6-7-12(15)20-11/h6-7,10,16H,5,8-9H2,1-4H3,(H,17,18). The molecule has 1 aromatic rings. The molecule has 0 aromatic carbocycles. The maximum absolute atomic E-state index is 11.7. The second kappa shape index (κ2) is 7.86. The van der Waals surface area contributed by atoms with Crippen LogP contribution in [0.3, 0.4) is 0 Å². The molecule has 0 aliphatic heterocycles.